The Labute approximate surface area is 217 Å². The van der Waals surface area contributed by atoms with Gasteiger partial charge in [-0.15, -0.1) is 0 Å². The van der Waals surface area contributed by atoms with Gasteiger partial charge in [0, 0.05) is 19.3 Å². The molecule has 0 bridgehead atoms. The van der Waals surface area contributed by atoms with E-state index in [1.54, 1.807) is 10.9 Å². The third kappa shape index (κ3) is 5.49. The van der Waals surface area contributed by atoms with E-state index in [0.717, 1.165) is 24.8 Å². The molecule has 34 heavy (non-hydrogen) atoms. The largest absolute Gasteiger partial charge is 0.304 e. The minimum atomic E-state index is -3.85. The van der Waals surface area contributed by atoms with Crippen molar-refractivity contribution in [3.63, 3.8) is 0 Å². The molecule has 0 aliphatic carbocycles. The van der Waals surface area contributed by atoms with Crippen LogP contribution in [-0.4, -0.2) is 41.5 Å². The Bertz CT molecular complexity index is 1320. The number of aromatic nitrogens is 2. The number of hydrogen-bond donors (Lipinski definition) is 1. The quantitative estimate of drug-likeness (QED) is 0.400. The Balaban J connectivity index is 1.57. The molecule has 0 atom stereocenters. The van der Waals surface area contributed by atoms with Gasteiger partial charge in [-0.2, -0.15) is 9.40 Å². The first-order valence-corrected chi connectivity index (χ1v) is 13.7. The van der Waals surface area contributed by atoms with Crippen molar-refractivity contribution in [1.29, 1.82) is 0 Å². The predicted molar refractivity (Wildman–Crippen MR) is 137 cm³/mol. The second kappa shape index (κ2) is 10.4. The second-order valence-electron chi connectivity index (χ2n) is 8.19. The van der Waals surface area contributed by atoms with Gasteiger partial charge in [0.15, 0.2) is 5.82 Å². The maximum Gasteiger partial charge on any atom is 0.258 e. The summed E-state index contributed by atoms with van der Waals surface area (Å²) in [7, 11) is -3.85. The summed E-state index contributed by atoms with van der Waals surface area (Å²) >= 11 is 15.9. The highest BCUT2D eigenvalue weighted by atomic mass is 79.9. The minimum Gasteiger partial charge on any atom is -0.304 e. The summed E-state index contributed by atoms with van der Waals surface area (Å²) in [6, 6.07) is 10.6. The lowest BCUT2D eigenvalue weighted by molar-refractivity contribution is 0.102. The molecule has 1 aliphatic heterocycles. The van der Waals surface area contributed by atoms with E-state index in [0.29, 0.717) is 29.9 Å². The van der Waals surface area contributed by atoms with Gasteiger partial charge in [0.2, 0.25) is 10.0 Å². The van der Waals surface area contributed by atoms with Gasteiger partial charge in [-0.25, -0.2) is 8.42 Å². The summed E-state index contributed by atoms with van der Waals surface area (Å²) < 4.78 is 30.0. The molecule has 1 N–H and O–H groups in total. The van der Waals surface area contributed by atoms with E-state index in [2.05, 4.69) is 26.3 Å². The number of nitrogens with zero attached hydrogens (tertiary/aromatic N) is 3. The van der Waals surface area contributed by atoms with Gasteiger partial charge >= 0.3 is 0 Å². The molecule has 2 aromatic carbocycles. The van der Waals surface area contributed by atoms with Crippen LogP contribution in [0.1, 0.15) is 40.7 Å². The van der Waals surface area contributed by atoms with Crippen LogP contribution >= 0.6 is 39.1 Å². The molecule has 0 unspecified atom stereocenters. The van der Waals surface area contributed by atoms with Crippen molar-refractivity contribution in [2.75, 3.05) is 18.4 Å². The summed E-state index contributed by atoms with van der Waals surface area (Å²) in [5.41, 5.74) is 2.23. The van der Waals surface area contributed by atoms with Gasteiger partial charge < -0.3 is 5.32 Å². The predicted octanol–water partition coefficient (Wildman–Crippen LogP) is 5.74. The molecule has 180 valence electrons. The molecular formula is C23H23BrCl2N4O3S. The van der Waals surface area contributed by atoms with Gasteiger partial charge in [0.1, 0.15) is 4.90 Å². The van der Waals surface area contributed by atoms with Crippen molar-refractivity contribution in [2.24, 2.45) is 0 Å². The normalized spacial score (nSPS) is 14.8. The molecule has 0 saturated carbocycles. The summed E-state index contributed by atoms with van der Waals surface area (Å²) in [5, 5.41) is 7.17. The highest BCUT2D eigenvalue weighted by Gasteiger charge is 2.30. The van der Waals surface area contributed by atoms with E-state index in [-0.39, 0.29) is 20.5 Å². The summed E-state index contributed by atoms with van der Waals surface area (Å²) in [6.07, 6.45) is 4.32. The minimum absolute atomic E-state index is 0.00151. The molecule has 4 rings (SSSR count). The number of benzene rings is 2. The topological polar surface area (TPSA) is 84.3 Å². The molecule has 11 heteroatoms. The standard InChI is InChI=1S/C23H23BrCl2N4O3S/c1-15-5-7-16(8-6-15)13-29-14-18(24)22(28-29)27-23(31)17-11-21(20(26)12-19(17)25)34(32,33)30-9-3-2-4-10-30/h5-8,11-12,14H,2-4,9-10,13H2,1H3,(H,27,28,31). The first kappa shape index (κ1) is 25.2. The van der Waals surface area contributed by atoms with E-state index >= 15 is 0 Å². The van der Waals surface area contributed by atoms with Crippen molar-refractivity contribution >= 4 is 60.9 Å². The van der Waals surface area contributed by atoms with Crippen molar-refractivity contribution in [3.8, 4) is 0 Å². The number of anilines is 1. The van der Waals surface area contributed by atoms with Crippen molar-refractivity contribution in [2.45, 2.75) is 37.6 Å². The van der Waals surface area contributed by atoms with Crippen LogP contribution < -0.4 is 5.32 Å². The monoisotopic (exact) mass is 584 g/mol. The molecule has 1 aromatic heterocycles. The molecule has 0 radical (unpaired) electrons. The molecule has 7 nitrogen and oxygen atoms in total. The van der Waals surface area contributed by atoms with Gasteiger partial charge in [-0.1, -0.05) is 59.5 Å². The number of halogens is 3. The number of hydrogen-bond acceptors (Lipinski definition) is 4. The molecule has 3 aromatic rings. The first-order chi connectivity index (χ1) is 16.1. The van der Waals surface area contributed by atoms with E-state index in [1.807, 2.05) is 31.2 Å². The molecular weight excluding hydrogens is 563 g/mol. The van der Waals surface area contributed by atoms with Crippen LogP contribution in [0.25, 0.3) is 0 Å². The Kier molecular flexibility index (Phi) is 7.69. The first-order valence-electron chi connectivity index (χ1n) is 10.7. The van der Waals surface area contributed by atoms with E-state index < -0.39 is 15.9 Å². The van der Waals surface area contributed by atoms with E-state index in [4.69, 9.17) is 23.2 Å². The lowest BCUT2D eigenvalue weighted by atomic mass is 10.1. The average Bonchev–Trinajstić information content (AvgIpc) is 3.14. The second-order valence-corrected chi connectivity index (χ2v) is 11.8. The number of amides is 1. The van der Waals surface area contributed by atoms with Gasteiger partial charge in [0.25, 0.3) is 5.91 Å². The number of rotatable bonds is 6. The van der Waals surface area contributed by atoms with E-state index in [9.17, 15) is 13.2 Å². The molecule has 1 aliphatic rings. The van der Waals surface area contributed by atoms with Crippen molar-refractivity contribution < 1.29 is 13.2 Å². The fraction of sp³-hybridized carbons (Fsp3) is 0.304. The zero-order chi connectivity index (χ0) is 24.5. The van der Waals surface area contributed by atoms with Crippen LogP contribution in [0.15, 0.2) is 52.0 Å². The summed E-state index contributed by atoms with van der Waals surface area (Å²) in [6.45, 7) is 3.39. The van der Waals surface area contributed by atoms with Crippen LogP contribution in [0.3, 0.4) is 0 Å². The lowest BCUT2D eigenvalue weighted by Crippen LogP contribution is -2.35. The van der Waals surface area contributed by atoms with Crippen LogP contribution in [0.4, 0.5) is 5.82 Å². The van der Waals surface area contributed by atoms with Crippen LogP contribution in [-0.2, 0) is 16.6 Å². The Hall–Kier alpha value is -1.91. The highest BCUT2D eigenvalue weighted by Crippen LogP contribution is 2.32. The third-order valence-electron chi connectivity index (χ3n) is 5.61. The molecule has 2 heterocycles. The van der Waals surface area contributed by atoms with Crippen LogP contribution in [0.2, 0.25) is 10.0 Å². The molecule has 1 fully saturated rings. The smallest absolute Gasteiger partial charge is 0.258 e. The molecule has 1 amide bonds. The summed E-state index contributed by atoms with van der Waals surface area (Å²) in [5.74, 6) is -0.290. The summed E-state index contributed by atoms with van der Waals surface area (Å²) in [4.78, 5) is 12.9. The van der Waals surface area contributed by atoms with Crippen molar-refractivity contribution in [3.05, 3.63) is 73.8 Å². The number of aryl methyl sites for hydroxylation is 1. The molecule has 0 spiro atoms. The fourth-order valence-electron chi connectivity index (χ4n) is 3.76. The van der Waals surface area contributed by atoms with Crippen LogP contribution in [0, 0.1) is 6.92 Å². The van der Waals surface area contributed by atoms with Gasteiger partial charge in [-0.05, 0) is 53.4 Å². The van der Waals surface area contributed by atoms with Gasteiger partial charge in [-0.3, -0.25) is 9.48 Å². The number of nitrogens with one attached hydrogen (secondary N) is 1. The Morgan fingerprint density at radius 2 is 1.76 bits per heavy atom. The fourth-order valence-corrected chi connectivity index (χ4v) is 6.53. The van der Waals surface area contributed by atoms with Crippen molar-refractivity contribution in [1.82, 2.24) is 14.1 Å². The number of carbonyl (C=O) groups is 1. The highest BCUT2D eigenvalue weighted by molar-refractivity contribution is 9.10. The number of piperidine rings is 1. The Morgan fingerprint density at radius 3 is 2.44 bits per heavy atom. The van der Waals surface area contributed by atoms with Gasteiger partial charge in [0.05, 0.1) is 26.6 Å². The zero-order valence-electron chi connectivity index (χ0n) is 18.4. The maximum absolute atomic E-state index is 13.1. The van der Waals surface area contributed by atoms with Crippen LogP contribution in [0.5, 0.6) is 0 Å². The molecule has 1 saturated heterocycles. The average molecular weight is 586 g/mol. The van der Waals surface area contributed by atoms with E-state index in [1.165, 1.54) is 22.0 Å². The zero-order valence-corrected chi connectivity index (χ0v) is 22.3. The number of carbonyl (C=O) groups excluding carboxylic acids is 1. The lowest BCUT2D eigenvalue weighted by Gasteiger charge is -2.26. The maximum atomic E-state index is 13.1. The Morgan fingerprint density at radius 1 is 1.09 bits per heavy atom. The SMILES string of the molecule is Cc1ccc(Cn2cc(Br)c(NC(=O)c3cc(S(=O)(=O)N4CCCCC4)c(Cl)cc3Cl)n2)cc1. The number of sulfonamides is 1. The third-order valence-corrected chi connectivity index (χ3v) is 8.87.